The Kier molecular flexibility index (Phi) is 9.82. The van der Waals surface area contributed by atoms with Crippen LogP contribution in [0.25, 0.3) is 85.9 Å². The van der Waals surface area contributed by atoms with Gasteiger partial charge in [-0.2, -0.15) is 0 Å². The molecule has 11 aromatic carbocycles. The number of para-hydroxylation sites is 1. The van der Waals surface area contributed by atoms with Crippen LogP contribution in [-0.2, 0) is 0 Å². The Bertz CT molecular complexity index is 4070. The Hall–Kier alpha value is -8.15. The maximum Gasteiger partial charge on any atom is 0.0559 e. The molecule has 0 saturated carbocycles. The fraction of sp³-hybridized carbons (Fsp3) is 0.0303. The van der Waals surface area contributed by atoms with E-state index in [1.165, 1.54) is 107 Å². The van der Waals surface area contributed by atoms with Gasteiger partial charge in [0, 0.05) is 63.8 Å². The molecule has 2 heterocycles. The zero-order valence-corrected chi connectivity index (χ0v) is 39.8. The number of hydrogen-bond donors (Lipinski definition) is 0. The molecule has 1 aliphatic heterocycles. The molecule has 14 rings (SSSR count). The molecule has 0 fully saturated rings. The second-order valence-electron chi connectivity index (χ2n) is 18.4. The van der Waals surface area contributed by atoms with Crippen molar-refractivity contribution in [1.29, 1.82) is 0 Å². The average Bonchev–Trinajstić information content (AvgIpc) is 3.80. The normalized spacial score (nSPS) is 13.9. The molecule has 2 aliphatic rings. The molecular formula is C66H44N2S2. The Morgan fingerprint density at radius 3 is 1.70 bits per heavy atom. The van der Waals surface area contributed by atoms with Gasteiger partial charge in [0.05, 0.1) is 6.04 Å². The molecule has 0 radical (unpaired) electrons. The largest absolute Gasteiger partial charge is 0.334 e. The molecule has 0 amide bonds. The minimum Gasteiger partial charge on any atom is -0.334 e. The Labute approximate surface area is 415 Å². The van der Waals surface area contributed by atoms with Gasteiger partial charge < -0.3 is 9.80 Å². The molecule has 4 heteroatoms. The van der Waals surface area contributed by atoms with E-state index in [1.807, 2.05) is 23.1 Å². The number of fused-ring (bicyclic) bond motifs is 8. The van der Waals surface area contributed by atoms with Gasteiger partial charge >= 0.3 is 0 Å². The molecule has 2 nitrogen and oxygen atoms in total. The Morgan fingerprint density at radius 2 is 1.00 bits per heavy atom. The first-order valence-electron chi connectivity index (χ1n) is 24.1. The van der Waals surface area contributed by atoms with E-state index in [-0.39, 0.29) is 6.04 Å². The van der Waals surface area contributed by atoms with Crippen LogP contribution in [0, 0.1) is 0 Å². The molecule has 70 heavy (non-hydrogen) atoms. The minimum atomic E-state index is 0.207. The quantitative estimate of drug-likeness (QED) is 0.150. The molecule has 1 aromatic heterocycles. The van der Waals surface area contributed by atoms with Crippen LogP contribution in [0.15, 0.2) is 259 Å². The number of thiophene rings is 1. The van der Waals surface area contributed by atoms with Crippen molar-refractivity contribution in [3.05, 3.63) is 249 Å². The van der Waals surface area contributed by atoms with Crippen molar-refractivity contribution < 1.29 is 0 Å². The lowest BCUT2D eigenvalue weighted by atomic mass is 9.94. The fourth-order valence-electron chi connectivity index (χ4n) is 10.9. The van der Waals surface area contributed by atoms with Crippen LogP contribution >= 0.6 is 23.1 Å². The van der Waals surface area contributed by atoms with E-state index in [0.29, 0.717) is 0 Å². The molecular weight excluding hydrogens is 885 g/mol. The number of anilines is 5. The van der Waals surface area contributed by atoms with Crippen molar-refractivity contribution in [3.8, 4) is 33.4 Å². The summed E-state index contributed by atoms with van der Waals surface area (Å²) in [5.74, 6) is 0. The molecule has 0 spiro atoms. The highest BCUT2D eigenvalue weighted by Crippen LogP contribution is 2.54. The zero-order valence-electron chi connectivity index (χ0n) is 38.2. The summed E-state index contributed by atoms with van der Waals surface area (Å²) in [7, 11) is 0. The average molecular weight is 929 g/mol. The summed E-state index contributed by atoms with van der Waals surface area (Å²) in [5, 5.41) is 10.4. The van der Waals surface area contributed by atoms with E-state index in [9.17, 15) is 0 Å². The highest BCUT2D eigenvalue weighted by atomic mass is 32.2. The number of rotatable bonds is 8. The molecule has 1 unspecified atom stereocenters. The first kappa shape index (κ1) is 40.9. The van der Waals surface area contributed by atoms with Gasteiger partial charge in [0.1, 0.15) is 0 Å². The van der Waals surface area contributed by atoms with Crippen molar-refractivity contribution in [2.24, 2.45) is 0 Å². The lowest BCUT2D eigenvalue weighted by molar-refractivity contribution is 0.785. The Morgan fingerprint density at radius 1 is 0.371 bits per heavy atom. The molecule has 1 atom stereocenters. The van der Waals surface area contributed by atoms with Crippen LogP contribution in [0.5, 0.6) is 0 Å². The van der Waals surface area contributed by atoms with Crippen LogP contribution in [0.2, 0.25) is 0 Å². The van der Waals surface area contributed by atoms with Crippen LogP contribution in [-0.4, -0.2) is 6.04 Å². The van der Waals surface area contributed by atoms with Crippen molar-refractivity contribution in [2.45, 2.75) is 22.3 Å². The summed E-state index contributed by atoms with van der Waals surface area (Å²) in [4.78, 5) is 7.48. The molecule has 1 aliphatic carbocycles. The van der Waals surface area contributed by atoms with E-state index in [1.54, 1.807) is 0 Å². The van der Waals surface area contributed by atoms with Crippen LogP contribution in [0.1, 0.15) is 6.42 Å². The monoisotopic (exact) mass is 928 g/mol. The van der Waals surface area contributed by atoms with Gasteiger partial charge in [-0.1, -0.05) is 176 Å². The first-order chi connectivity index (χ1) is 34.7. The molecule has 0 bridgehead atoms. The molecule has 12 aromatic rings. The third-order valence-corrected chi connectivity index (χ3v) is 16.5. The predicted molar refractivity (Wildman–Crippen MR) is 302 cm³/mol. The summed E-state index contributed by atoms with van der Waals surface area (Å²) >= 11 is 3.81. The van der Waals surface area contributed by atoms with E-state index in [4.69, 9.17) is 0 Å². The van der Waals surface area contributed by atoms with E-state index >= 15 is 0 Å². The van der Waals surface area contributed by atoms with Gasteiger partial charge in [-0.15, -0.1) is 11.3 Å². The van der Waals surface area contributed by atoms with E-state index in [2.05, 4.69) is 259 Å². The van der Waals surface area contributed by atoms with Gasteiger partial charge in [0.15, 0.2) is 0 Å². The topological polar surface area (TPSA) is 6.48 Å². The third-order valence-electron chi connectivity index (χ3n) is 14.3. The summed E-state index contributed by atoms with van der Waals surface area (Å²) in [6.07, 6.45) is 9.93. The summed E-state index contributed by atoms with van der Waals surface area (Å²) in [6.45, 7) is 0. The van der Waals surface area contributed by atoms with Gasteiger partial charge in [0.2, 0.25) is 0 Å². The SMILES string of the molecule is C1=CCC(N(c2ccc(-c3ccc4ccccc4c3)cc2)c2ccc3c(c2)sc2cc4c5c(cccc5c23)Sc2cc(N(c3ccccc3)c3ccc(-c5ccc6ccccc6c5)cc3)ccc2-4)C=C1. The predicted octanol–water partition coefficient (Wildman–Crippen LogP) is 19.5. The molecule has 0 saturated heterocycles. The van der Waals surface area contributed by atoms with Crippen molar-refractivity contribution in [3.63, 3.8) is 0 Å². The highest BCUT2D eigenvalue weighted by Gasteiger charge is 2.26. The van der Waals surface area contributed by atoms with E-state index in [0.717, 1.165) is 23.5 Å². The van der Waals surface area contributed by atoms with Gasteiger partial charge in [0.25, 0.3) is 0 Å². The Balaban J connectivity index is 0.831. The lowest BCUT2D eigenvalue weighted by Crippen LogP contribution is -2.29. The first-order valence-corrected chi connectivity index (χ1v) is 25.7. The van der Waals surface area contributed by atoms with Crippen LogP contribution in [0.3, 0.4) is 0 Å². The third kappa shape index (κ3) is 7.02. The number of nitrogens with zero attached hydrogens (tertiary/aromatic N) is 2. The smallest absolute Gasteiger partial charge is 0.0559 e. The minimum absolute atomic E-state index is 0.207. The maximum atomic E-state index is 2.52. The van der Waals surface area contributed by atoms with Gasteiger partial charge in [-0.3, -0.25) is 0 Å². The zero-order chi connectivity index (χ0) is 46.1. The van der Waals surface area contributed by atoms with Crippen molar-refractivity contribution >= 4 is 104 Å². The molecule has 330 valence electrons. The van der Waals surface area contributed by atoms with E-state index < -0.39 is 0 Å². The second-order valence-corrected chi connectivity index (χ2v) is 20.6. The highest BCUT2D eigenvalue weighted by molar-refractivity contribution is 7.99. The fourth-order valence-corrected chi connectivity index (χ4v) is 13.3. The number of hydrogen-bond acceptors (Lipinski definition) is 4. The number of benzene rings is 11. The molecule has 0 N–H and O–H groups in total. The number of allylic oxidation sites excluding steroid dienone is 2. The van der Waals surface area contributed by atoms with Gasteiger partial charge in [-0.25, -0.2) is 0 Å². The summed E-state index contributed by atoms with van der Waals surface area (Å²) in [5.41, 5.74) is 13.3. The van der Waals surface area contributed by atoms with Crippen LogP contribution in [0.4, 0.5) is 28.4 Å². The van der Waals surface area contributed by atoms with Crippen molar-refractivity contribution in [2.75, 3.05) is 9.80 Å². The summed E-state index contributed by atoms with van der Waals surface area (Å²) in [6, 6.07) is 83.4. The standard InChI is InChI=1S/C66H44N2S2/c1-3-16-51(17-4-1)67(53-30-26-45(27-31-53)49-24-22-43-12-7-9-14-47(43)38-49)55-34-36-57-60-42-64-65(59-20-11-21-61(66(59)60)69-62(57)40-55)58-37-35-56(41-63(58)70-64)68(52-18-5-2-6-19-52)54-32-28-46(29-33-54)50-25-23-44-13-8-10-15-48(44)39-50/h1-18,20-42,52H,19H2. The summed E-state index contributed by atoms with van der Waals surface area (Å²) < 4.78 is 2.62. The van der Waals surface area contributed by atoms with Crippen molar-refractivity contribution in [1.82, 2.24) is 0 Å². The second kappa shape index (κ2) is 16.8. The lowest BCUT2D eigenvalue weighted by Gasteiger charge is -2.32. The maximum absolute atomic E-state index is 2.52. The van der Waals surface area contributed by atoms with Gasteiger partial charge in [-0.05, 0) is 152 Å². The van der Waals surface area contributed by atoms with Crippen LogP contribution < -0.4 is 9.80 Å².